The van der Waals surface area contributed by atoms with E-state index in [4.69, 9.17) is 4.74 Å². The van der Waals surface area contributed by atoms with Gasteiger partial charge in [-0.2, -0.15) is 4.37 Å². The fourth-order valence-corrected chi connectivity index (χ4v) is 3.18. The third kappa shape index (κ3) is 5.29. The standard InChI is InChI=1S/C19H25N3O3S/c1-12(2)15-7-5-14(6-8-15)9-10-21-16(23)11-25-19(24)17-13(3)22-26-18(17)20-4/h5-8,12,20H,9-11H2,1-4H3,(H,21,23). The highest BCUT2D eigenvalue weighted by Crippen LogP contribution is 2.24. The number of aryl methyl sites for hydroxylation is 1. The number of aromatic nitrogens is 1. The van der Waals surface area contributed by atoms with Gasteiger partial charge in [0.25, 0.3) is 5.91 Å². The molecule has 0 atom stereocenters. The first kappa shape index (κ1) is 19.9. The normalized spacial score (nSPS) is 10.7. The summed E-state index contributed by atoms with van der Waals surface area (Å²) < 4.78 is 9.21. The topological polar surface area (TPSA) is 80.3 Å². The van der Waals surface area contributed by atoms with Crippen LogP contribution in [0.2, 0.25) is 0 Å². The van der Waals surface area contributed by atoms with Gasteiger partial charge in [0, 0.05) is 13.6 Å². The Kier molecular flexibility index (Phi) is 7.15. The maximum Gasteiger partial charge on any atom is 0.343 e. The lowest BCUT2D eigenvalue weighted by atomic mass is 10.0. The van der Waals surface area contributed by atoms with Gasteiger partial charge in [0.1, 0.15) is 10.6 Å². The van der Waals surface area contributed by atoms with Crippen molar-refractivity contribution in [3.8, 4) is 0 Å². The summed E-state index contributed by atoms with van der Waals surface area (Å²) in [5.41, 5.74) is 3.43. The summed E-state index contributed by atoms with van der Waals surface area (Å²) in [7, 11) is 1.71. The summed E-state index contributed by atoms with van der Waals surface area (Å²) in [6.45, 7) is 6.24. The minimum atomic E-state index is -0.542. The second-order valence-electron chi connectivity index (χ2n) is 6.29. The van der Waals surface area contributed by atoms with Crippen molar-refractivity contribution in [2.24, 2.45) is 0 Å². The van der Waals surface area contributed by atoms with Crippen molar-refractivity contribution in [2.45, 2.75) is 33.1 Å². The number of hydrogen-bond donors (Lipinski definition) is 2. The first-order valence-electron chi connectivity index (χ1n) is 8.59. The van der Waals surface area contributed by atoms with Crippen LogP contribution in [-0.4, -0.2) is 36.4 Å². The van der Waals surface area contributed by atoms with E-state index in [1.165, 1.54) is 17.1 Å². The molecule has 0 fully saturated rings. The zero-order valence-corrected chi connectivity index (χ0v) is 16.4. The van der Waals surface area contributed by atoms with E-state index in [9.17, 15) is 9.59 Å². The Hall–Kier alpha value is -2.41. The molecule has 140 valence electrons. The van der Waals surface area contributed by atoms with Crippen molar-refractivity contribution < 1.29 is 14.3 Å². The minimum absolute atomic E-state index is 0.302. The van der Waals surface area contributed by atoms with Crippen molar-refractivity contribution >= 4 is 28.4 Å². The Balaban J connectivity index is 1.75. The molecule has 7 heteroatoms. The van der Waals surface area contributed by atoms with Crippen LogP contribution in [0.3, 0.4) is 0 Å². The zero-order valence-electron chi connectivity index (χ0n) is 15.6. The predicted octanol–water partition coefficient (Wildman–Crippen LogP) is 3.13. The van der Waals surface area contributed by atoms with Crippen LogP contribution >= 0.6 is 11.5 Å². The van der Waals surface area contributed by atoms with E-state index in [-0.39, 0.29) is 12.5 Å². The first-order chi connectivity index (χ1) is 12.4. The SMILES string of the molecule is CNc1snc(C)c1C(=O)OCC(=O)NCCc1ccc(C(C)C)cc1. The average Bonchev–Trinajstić information content (AvgIpc) is 3.01. The molecule has 0 aliphatic rings. The average molecular weight is 375 g/mol. The summed E-state index contributed by atoms with van der Waals surface area (Å²) in [5.74, 6) is -0.354. The highest BCUT2D eigenvalue weighted by molar-refractivity contribution is 7.10. The highest BCUT2D eigenvalue weighted by atomic mass is 32.1. The largest absolute Gasteiger partial charge is 0.452 e. The number of nitrogens with zero attached hydrogens (tertiary/aromatic N) is 1. The van der Waals surface area contributed by atoms with Crippen molar-refractivity contribution in [1.29, 1.82) is 0 Å². The number of anilines is 1. The van der Waals surface area contributed by atoms with E-state index in [0.29, 0.717) is 28.7 Å². The van der Waals surface area contributed by atoms with Gasteiger partial charge in [-0.05, 0) is 41.9 Å². The van der Waals surface area contributed by atoms with Crippen molar-refractivity contribution in [3.05, 3.63) is 46.6 Å². The van der Waals surface area contributed by atoms with Gasteiger partial charge < -0.3 is 15.4 Å². The molecule has 2 rings (SSSR count). The number of ether oxygens (including phenoxy) is 1. The third-order valence-corrected chi connectivity index (χ3v) is 4.97. The molecule has 1 aromatic carbocycles. The third-order valence-electron chi connectivity index (χ3n) is 4.01. The number of hydrogen-bond acceptors (Lipinski definition) is 6. The lowest BCUT2D eigenvalue weighted by Crippen LogP contribution is -2.30. The Morgan fingerprint density at radius 1 is 1.23 bits per heavy atom. The smallest absolute Gasteiger partial charge is 0.343 e. The van der Waals surface area contributed by atoms with Gasteiger partial charge in [-0.1, -0.05) is 38.1 Å². The molecule has 0 aliphatic carbocycles. The Morgan fingerprint density at radius 2 is 1.92 bits per heavy atom. The number of nitrogens with one attached hydrogen (secondary N) is 2. The minimum Gasteiger partial charge on any atom is -0.452 e. The second kappa shape index (κ2) is 9.33. The monoisotopic (exact) mass is 375 g/mol. The van der Waals surface area contributed by atoms with Crippen LogP contribution in [0.4, 0.5) is 5.00 Å². The van der Waals surface area contributed by atoms with E-state index >= 15 is 0 Å². The molecular weight excluding hydrogens is 350 g/mol. The van der Waals surface area contributed by atoms with Gasteiger partial charge in [-0.25, -0.2) is 4.79 Å². The molecule has 0 unspecified atom stereocenters. The van der Waals surface area contributed by atoms with Gasteiger partial charge >= 0.3 is 5.97 Å². The zero-order chi connectivity index (χ0) is 19.1. The number of rotatable bonds is 8. The maximum absolute atomic E-state index is 12.1. The molecular formula is C19H25N3O3S. The van der Waals surface area contributed by atoms with E-state index < -0.39 is 5.97 Å². The molecule has 0 saturated heterocycles. The number of esters is 1. The molecule has 1 amide bonds. The molecule has 0 saturated carbocycles. The summed E-state index contributed by atoms with van der Waals surface area (Å²) >= 11 is 1.19. The molecule has 6 nitrogen and oxygen atoms in total. The quantitative estimate of drug-likeness (QED) is 0.693. The Labute approximate surface area is 158 Å². The molecule has 1 aromatic heterocycles. The van der Waals surface area contributed by atoms with E-state index in [2.05, 4.69) is 53.1 Å². The van der Waals surface area contributed by atoms with Crippen LogP contribution in [0, 0.1) is 6.92 Å². The maximum atomic E-state index is 12.1. The fraction of sp³-hybridized carbons (Fsp3) is 0.421. The predicted molar refractivity (Wildman–Crippen MR) is 104 cm³/mol. The molecule has 2 aromatic rings. The Morgan fingerprint density at radius 3 is 2.54 bits per heavy atom. The lowest BCUT2D eigenvalue weighted by molar-refractivity contribution is -0.124. The molecule has 26 heavy (non-hydrogen) atoms. The fourth-order valence-electron chi connectivity index (χ4n) is 2.45. The lowest BCUT2D eigenvalue weighted by Gasteiger charge is -2.09. The van der Waals surface area contributed by atoms with E-state index in [1.54, 1.807) is 14.0 Å². The molecule has 2 N–H and O–H groups in total. The Bertz CT molecular complexity index is 754. The van der Waals surface area contributed by atoms with E-state index in [1.807, 2.05) is 0 Å². The summed E-state index contributed by atoms with van der Waals surface area (Å²) in [6.07, 6.45) is 0.732. The van der Waals surface area contributed by atoms with Gasteiger partial charge in [0.2, 0.25) is 0 Å². The molecule has 0 radical (unpaired) electrons. The van der Waals surface area contributed by atoms with Crippen molar-refractivity contribution in [3.63, 3.8) is 0 Å². The summed E-state index contributed by atoms with van der Waals surface area (Å²) in [4.78, 5) is 24.0. The number of amides is 1. The van der Waals surface area contributed by atoms with Gasteiger partial charge in [-0.3, -0.25) is 4.79 Å². The van der Waals surface area contributed by atoms with Crippen LogP contribution < -0.4 is 10.6 Å². The highest BCUT2D eigenvalue weighted by Gasteiger charge is 2.20. The molecule has 0 aliphatic heterocycles. The van der Waals surface area contributed by atoms with Crippen LogP contribution in [0.1, 0.15) is 46.9 Å². The first-order valence-corrected chi connectivity index (χ1v) is 9.36. The van der Waals surface area contributed by atoms with Crippen LogP contribution in [0.15, 0.2) is 24.3 Å². The van der Waals surface area contributed by atoms with Crippen molar-refractivity contribution in [1.82, 2.24) is 9.69 Å². The number of carbonyl (C=O) groups excluding carboxylic acids is 2. The molecule has 0 bridgehead atoms. The summed E-state index contributed by atoms with van der Waals surface area (Å²) in [6, 6.07) is 8.38. The molecule has 0 spiro atoms. The number of carbonyl (C=O) groups is 2. The summed E-state index contributed by atoms with van der Waals surface area (Å²) in [5, 5.41) is 6.31. The van der Waals surface area contributed by atoms with Gasteiger partial charge in [0.05, 0.1) is 5.69 Å². The van der Waals surface area contributed by atoms with Crippen LogP contribution in [0.5, 0.6) is 0 Å². The van der Waals surface area contributed by atoms with Crippen LogP contribution in [0.25, 0.3) is 0 Å². The van der Waals surface area contributed by atoms with Crippen molar-refractivity contribution in [2.75, 3.05) is 25.5 Å². The second-order valence-corrected chi connectivity index (χ2v) is 7.07. The van der Waals surface area contributed by atoms with Gasteiger partial charge in [-0.15, -0.1) is 0 Å². The number of benzene rings is 1. The van der Waals surface area contributed by atoms with E-state index in [0.717, 1.165) is 12.0 Å². The molecule has 1 heterocycles. The van der Waals surface area contributed by atoms with Crippen LogP contribution in [-0.2, 0) is 16.0 Å². The van der Waals surface area contributed by atoms with Gasteiger partial charge in [0.15, 0.2) is 6.61 Å².